The van der Waals surface area contributed by atoms with E-state index in [1.54, 1.807) is 12.4 Å². The van der Waals surface area contributed by atoms with Gasteiger partial charge >= 0.3 is 6.18 Å². The Morgan fingerprint density at radius 2 is 2.04 bits per heavy atom. The molecule has 4 aromatic rings. The van der Waals surface area contributed by atoms with Crippen molar-refractivity contribution in [3.8, 4) is 11.3 Å². The van der Waals surface area contributed by atoms with Gasteiger partial charge in [0.25, 0.3) is 0 Å². The fraction of sp³-hybridized carbons (Fsp3) is 0.235. The van der Waals surface area contributed by atoms with Gasteiger partial charge in [0.1, 0.15) is 17.9 Å². The van der Waals surface area contributed by atoms with Crippen LogP contribution in [0.15, 0.2) is 36.7 Å². The highest BCUT2D eigenvalue weighted by atomic mass is 19.4. The van der Waals surface area contributed by atoms with E-state index in [1.807, 2.05) is 24.3 Å². The molecular weight excluding hydrogens is 361 g/mol. The number of alkyl halides is 3. The highest BCUT2D eigenvalue weighted by molar-refractivity contribution is 6.08. The number of aromatic amines is 1. The van der Waals surface area contributed by atoms with Crippen LogP contribution in [-0.4, -0.2) is 44.4 Å². The molecule has 0 bridgehead atoms. The lowest BCUT2D eigenvalue weighted by Gasteiger charge is -2.07. The van der Waals surface area contributed by atoms with E-state index in [9.17, 15) is 13.2 Å². The lowest BCUT2D eigenvalue weighted by molar-refractivity contribution is -0.174. The zero-order chi connectivity index (χ0) is 19.0. The first kappa shape index (κ1) is 17.3. The normalized spacial score (nSPS) is 12.3. The molecule has 0 unspecified atom stereocenters. The number of nitrogens with zero attached hydrogens (tertiary/aromatic N) is 4. The summed E-state index contributed by atoms with van der Waals surface area (Å²) in [4.78, 5) is 4.43. The zero-order valence-corrected chi connectivity index (χ0v) is 14.0. The number of ether oxygens (including phenoxy) is 1. The maximum Gasteiger partial charge on any atom is 0.411 e. The number of nitrogens with two attached hydrogens (primary N) is 1. The van der Waals surface area contributed by atoms with Crippen LogP contribution < -0.4 is 5.73 Å². The zero-order valence-electron chi connectivity index (χ0n) is 14.0. The molecule has 0 aliphatic carbocycles. The molecule has 0 saturated carbocycles. The van der Waals surface area contributed by atoms with Gasteiger partial charge in [-0.15, -0.1) is 0 Å². The average molecular weight is 376 g/mol. The van der Waals surface area contributed by atoms with Crippen LogP contribution in [0.5, 0.6) is 0 Å². The number of rotatable bonds is 5. The third-order valence-corrected chi connectivity index (χ3v) is 4.07. The van der Waals surface area contributed by atoms with Crippen molar-refractivity contribution in [3.05, 3.63) is 36.7 Å². The molecule has 0 atom stereocenters. The number of benzene rings is 1. The Morgan fingerprint density at radius 3 is 2.78 bits per heavy atom. The molecule has 0 aliphatic rings. The lowest BCUT2D eigenvalue weighted by atomic mass is 10.1. The van der Waals surface area contributed by atoms with Crippen LogP contribution in [0.1, 0.15) is 0 Å². The van der Waals surface area contributed by atoms with Crippen molar-refractivity contribution < 1.29 is 17.9 Å². The molecule has 0 radical (unpaired) electrons. The van der Waals surface area contributed by atoms with Crippen molar-refractivity contribution in [2.24, 2.45) is 0 Å². The van der Waals surface area contributed by atoms with E-state index in [0.29, 0.717) is 22.2 Å². The second kappa shape index (κ2) is 6.54. The summed E-state index contributed by atoms with van der Waals surface area (Å²) in [6.07, 6.45) is -1.02. The Kier molecular flexibility index (Phi) is 4.19. The maximum atomic E-state index is 12.1. The largest absolute Gasteiger partial charge is 0.411 e. The molecule has 3 aromatic heterocycles. The molecule has 0 aliphatic heterocycles. The van der Waals surface area contributed by atoms with Gasteiger partial charge in [-0.05, 0) is 18.2 Å². The first-order valence-corrected chi connectivity index (χ1v) is 8.11. The Bertz CT molecular complexity index is 1090. The van der Waals surface area contributed by atoms with Crippen LogP contribution in [0.25, 0.3) is 33.1 Å². The van der Waals surface area contributed by atoms with Gasteiger partial charge < -0.3 is 10.5 Å². The van der Waals surface area contributed by atoms with Gasteiger partial charge in [-0.3, -0.25) is 9.78 Å². The molecule has 10 heteroatoms. The van der Waals surface area contributed by atoms with E-state index in [-0.39, 0.29) is 13.2 Å². The Balaban J connectivity index is 1.64. The number of fused-ring (bicyclic) bond motifs is 3. The highest BCUT2D eigenvalue weighted by Gasteiger charge is 2.27. The molecule has 140 valence electrons. The van der Waals surface area contributed by atoms with Gasteiger partial charge in [0.15, 0.2) is 0 Å². The van der Waals surface area contributed by atoms with Gasteiger partial charge in [0.05, 0.1) is 29.7 Å². The first-order chi connectivity index (χ1) is 12.9. The molecule has 4 rings (SSSR count). The van der Waals surface area contributed by atoms with Crippen molar-refractivity contribution in [2.75, 3.05) is 18.9 Å². The van der Waals surface area contributed by atoms with Crippen molar-refractivity contribution >= 4 is 27.6 Å². The summed E-state index contributed by atoms with van der Waals surface area (Å²) in [5.74, 6) is 0.307. The lowest BCUT2D eigenvalue weighted by Crippen LogP contribution is -2.19. The Labute approximate surface area is 150 Å². The molecular formula is C17H15F3N6O. The predicted molar refractivity (Wildman–Crippen MR) is 93.9 cm³/mol. The summed E-state index contributed by atoms with van der Waals surface area (Å²) in [6, 6.07) is 7.53. The number of aromatic nitrogens is 5. The molecule has 3 N–H and O–H groups in total. The summed E-state index contributed by atoms with van der Waals surface area (Å²) in [5.41, 5.74) is 9.13. The van der Waals surface area contributed by atoms with E-state index in [4.69, 9.17) is 5.73 Å². The summed E-state index contributed by atoms with van der Waals surface area (Å²) in [6.45, 7) is -1.21. The number of hydrogen-bond acceptors (Lipinski definition) is 5. The minimum absolute atomic E-state index is 0.108. The van der Waals surface area contributed by atoms with Crippen LogP contribution >= 0.6 is 0 Å². The van der Waals surface area contributed by atoms with Crippen molar-refractivity contribution in [1.29, 1.82) is 0 Å². The number of pyridine rings is 1. The fourth-order valence-electron chi connectivity index (χ4n) is 2.87. The standard InChI is InChI=1S/C17H15F3N6O/c18-17(19,20)9-27-6-5-26-8-12-15(25-26)11-2-1-10(13-3-4-22-24-13)7-14(11)23-16(12)21/h1-4,7-8H,5-6,9H2,(H2,21,23)(H,22,24). The van der Waals surface area contributed by atoms with Gasteiger partial charge in [-0.2, -0.15) is 23.4 Å². The minimum Gasteiger partial charge on any atom is -0.383 e. The maximum absolute atomic E-state index is 12.1. The number of halogens is 3. The Hall–Kier alpha value is -3.14. The molecule has 0 spiro atoms. The van der Waals surface area contributed by atoms with Crippen LogP contribution in [0, 0.1) is 0 Å². The second-order valence-corrected chi connectivity index (χ2v) is 6.02. The molecule has 7 nitrogen and oxygen atoms in total. The third kappa shape index (κ3) is 3.56. The SMILES string of the molecule is Nc1nc2cc(-c3ccn[nH]3)ccc2c2nn(CCOCC(F)(F)F)cc12. The smallest absolute Gasteiger partial charge is 0.383 e. The number of hydrogen-bond donors (Lipinski definition) is 2. The molecule has 1 aromatic carbocycles. The van der Waals surface area contributed by atoms with E-state index in [1.165, 1.54) is 4.68 Å². The molecule has 0 saturated heterocycles. The predicted octanol–water partition coefficient (Wildman–Crippen LogP) is 3.14. The molecule has 0 amide bonds. The highest BCUT2D eigenvalue weighted by Crippen LogP contribution is 2.29. The van der Waals surface area contributed by atoms with Crippen LogP contribution in [-0.2, 0) is 11.3 Å². The number of nitrogens with one attached hydrogen (secondary N) is 1. The monoisotopic (exact) mass is 376 g/mol. The second-order valence-electron chi connectivity index (χ2n) is 6.02. The molecule has 0 fully saturated rings. The summed E-state index contributed by atoms with van der Waals surface area (Å²) < 4.78 is 42.5. The minimum atomic E-state index is -4.34. The van der Waals surface area contributed by atoms with Crippen molar-refractivity contribution in [1.82, 2.24) is 25.0 Å². The van der Waals surface area contributed by atoms with Crippen LogP contribution in [0.3, 0.4) is 0 Å². The van der Waals surface area contributed by atoms with Gasteiger partial charge in [-0.1, -0.05) is 6.07 Å². The van der Waals surface area contributed by atoms with Crippen molar-refractivity contribution in [2.45, 2.75) is 12.7 Å². The van der Waals surface area contributed by atoms with Gasteiger partial charge in [-0.25, -0.2) is 4.98 Å². The number of anilines is 1. The first-order valence-electron chi connectivity index (χ1n) is 8.11. The summed E-state index contributed by atoms with van der Waals surface area (Å²) in [5, 5.41) is 12.7. The fourth-order valence-corrected chi connectivity index (χ4v) is 2.87. The van der Waals surface area contributed by atoms with E-state index >= 15 is 0 Å². The van der Waals surface area contributed by atoms with Crippen LogP contribution in [0.2, 0.25) is 0 Å². The average Bonchev–Trinajstić information content (AvgIpc) is 3.28. The van der Waals surface area contributed by atoms with E-state index < -0.39 is 12.8 Å². The topological polar surface area (TPSA) is 94.6 Å². The summed E-state index contributed by atoms with van der Waals surface area (Å²) in [7, 11) is 0. The van der Waals surface area contributed by atoms with Gasteiger partial charge in [0.2, 0.25) is 0 Å². The summed E-state index contributed by atoms with van der Waals surface area (Å²) >= 11 is 0. The Morgan fingerprint density at radius 1 is 1.19 bits per heavy atom. The third-order valence-electron chi connectivity index (χ3n) is 4.07. The van der Waals surface area contributed by atoms with Gasteiger partial charge in [0, 0.05) is 23.3 Å². The van der Waals surface area contributed by atoms with Crippen LogP contribution in [0.4, 0.5) is 19.0 Å². The quantitative estimate of drug-likeness (QED) is 0.522. The van der Waals surface area contributed by atoms with E-state index in [0.717, 1.165) is 16.6 Å². The molecule has 3 heterocycles. The number of H-pyrrole nitrogens is 1. The number of nitrogen functional groups attached to an aromatic ring is 1. The van der Waals surface area contributed by atoms with Crippen molar-refractivity contribution in [3.63, 3.8) is 0 Å². The molecule has 27 heavy (non-hydrogen) atoms. The van der Waals surface area contributed by atoms with E-state index in [2.05, 4.69) is 25.0 Å².